The van der Waals surface area contributed by atoms with Crippen LogP contribution in [0.15, 0.2) is 48.0 Å². The number of amides is 2. The molecule has 31 heavy (non-hydrogen) atoms. The van der Waals surface area contributed by atoms with Gasteiger partial charge in [-0.05, 0) is 86.3 Å². The Hall–Kier alpha value is -2.99. The maximum absolute atomic E-state index is 13.3. The fourth-order valence-corrected chi connectivity index (χ4v) is 4.82. The molecule has 2 aromatic carbocycles. The van der Waals surface area contributed by atoms with Crippen molar-refractivity contribution < 1.29 is 9.59 Å². The smallest absolute Gasteiger partial charge is 0.270 e. The first kappa shape index (κ1) is 21.2. The highest BCUT2D eigenvalue weighted by molar-refractivity contribution is 7.80. The molecule has 1 fully saturated rings. The summed E-state index contributed by atoms with van der Waals surface area (Å²) in [6, 6.07) is 13.6. The third-order valence-electron chi connectivity index (χ3n) is 6.43. The van der Waals surface area contributed by atoms with E-state index in [-0.39, 0.29) is 16.2 Å². The highest BCUT2D eigenvalue weighted by Crippen LogP contribution is 2.42. The first-order valence-corrected chi connectivity index (χ1v) is 10.9. The van der Waals surface area contributed by atoms with Crippen LogP contribution in [0.2, 0.25) is 0 Å². The Morgan fingerprint density at radius 3 is 2.55 bits per heavy atom. The van der Waals surface area contributed by atoms with E-state index in [2.05, 4.69) is 50.2 Å². The Labute approximate surface area is 188 Å². The third kappa shape index (κ3) is 3.65. The molecule has 0 aliphatic carbocycles. The molecule has 0 aromatic heterocycles. The Balaban J connectivity index is 1.74. The average Bonchev–Trinajstić information content (AvgIpc) is 2.70. The molecule has 5 nitrogen and oxygen atoms in total. The van der Waals surface area contributed by atoms with Crippen molar-refractivity contribution in [3.05, 3.63) is 64.7 Å². The molecular formula is C25H27N3O2S. The summed E-state index contributed by atoms with van der Waals surface area (Å²) in [5.74, 6) is -0.498. The lowest BCUT2D eigenvalue weighted by Crippen LogP contribution is -2.54. The summed E-state index contributed by atoms with van der Waals surface area (Å²) in [6.07, 6.45) is 2.70. The van der Waals surface area contributed by atoms with E-state index in [0.717, 1.165) is 17.5 Å². The molecule has 2 aliphatic heterocycles. The number of hydrogen-bond acceptors (Lipinski definition) is 4. The van der Waals surface area contributed by atoms with Gasteiger partial charge < -0.3 is 4.90 Å². The van der Waals surface area contributed by atoms with Gasteiger partial charge in [0.15, 0.2) is 5.11 Å². The summed E-state index contributed by atoms with van der Waals surface area (Å²) in [6.45, 7) is 8.63. The highest BCUT2D eigenvalue weighted by atomic mass is 32.1. The SMILES string of the molecule is Cc1ccccc1N1C(=O)/C(=C/c2ccc3c(c2)[C@H](C)CC(C)(C)N3C)C(=O)NC1=S. The molecule has 0 unspecified atom stereocenters. The molecule has 2 heterocycles. The minimum atomic E-state index is -0.469. The Morgan fingerprint density at radius 2 is 1.84 bits per heavy atom. The van der Waals surface area contributed by atoms with Crippen LogP contribution >= 0.6 is 12.2 Å². The first-order chi connectivity index (χ1) is 14.6. The van der Waals surface area contributed by atoms with Gasteiger partial charge in [0.1, 0.15) is 5.57 Å². The monoisotopic (exact) mass is 433 g/mol. The Bertz CT molecular complexity index is 1140. The van der Waals surface area contributed by atoms with Crippen molar-refractivity contribution in [2.75, 3.05) is 16.8 Å². The van der Waals surface area contributed by atoms with Crippen molar-refractivity contribution >= 4 is 46.6 Å². The van der Waals surface area contributed by atoms with Crippen LogP contribution in [-0.4, -0.2) is 29.5 Å². The first-order valence-electron chi connectivity index (χ1n) is 10.4. The summed E-state index contributed by atoms with van der Waals surface area (Å²) in [5, 5.41) is 2.77. The molecule has 1 atom stereocenters. The number of benzene rings is 2. The van der Waals surface area contributed by atoms with E-state index < -0.39 is 11.8 Å². The zero-order chi connectivity index (χ0) is 22.5. The zero-order valence-electron chi connectivity index (χ0n) is 18.5. The number of nitrogens with zero attached hydrogens (tertiary/aromatic N) is 2. The van der Waals surface area contributed by atoms with Crippen molar-refractivity contribution in [2.24, 2.45) is 0 Å². The molecular weight excluding hydrogens is 406 g/mol. The van der Waals surface area contributed by atoms with Gasteiger partial charge >= 0.3 is 0 Å². The predicted molar refractivity (Wildman–Crippen MR) is 129 cm³/mol. The lowest BCUT2D eigenvalue weighted by Gasteiger charge is -2.45. The number of anilines is 2. The van der Waals surface area contributed by atoms with Crippen LogP contribution in [0.5, 0.6) is 0 Å². The average molecular weight is 434 g/mol. The number of carbonyl (C=O) groups is 2. The summed E-state index contributed by atoms with van der Waals surface area (Å²) in [7, 11) is 2.11. The molecule has 0 saturated carbocycles. The van der Waals surface area contributed by atoms with Gasteiger partial charge in [0.05, 0.1) is 5.69 Å². The lowest BCUT2D eigenvalue weighted by atomic mass is 9.80. The second-order valence-corrected chi connectivity index (χ2v) is 9.43. The summed E-state index contributed by atoms with van der Waals surface area (Å²) in [5.41, 5.74) is 4.98. The van der Waals surface area contributed by atoms with Gasteiger partial charge in [0.2, 0.25) is 0 Å². The standard InChI is InChI=1S/C25H27N3O2S/c1-15-8-6-7-9-20(15)28-23(30)19(22(29)26-24(28)31)13-17-10-11-21-18(12-17)16(2)14-25(3,4)27(21)5/h6-13,16H,14H2,1-5H3,(H,26,29,31)/b19-13+/t16-/m1/s1. The second kappa shape index (κ2) is 7.61. The van der Waals surface area contributed by atoms with Gasteiger partial charge in [0, 0.05) is 18.3 Å². The zero-order valence-corrected chi connectivity index (χ0v) is 19.3. The summed E-state index contributed by atoms with van der Waals surface area (Å²) < 4.78 is 0. The molecule has 0 spiro atoms. The summed E-state index contributed by atoms with van der Waals surface area (Å²) >= 11 is 5.31. The molecule has 1 saturated heterocycles. The Morgan fingerprint density at radius 1 is 1.13 bits per heavy atom. The van der Waals surface area contributed by atoms with E-state index >= 15 is 0 Å². The van der Waals surface area contributed by atoms with Crippen LogP contribution in [0.25, 0.3) is 6.08 Å². The van der Waals surface area contributed by atoms with Gasteiger partial charge in [0.25, 0.3) is 11.8 Å². The molecule has 1 N–H and O–H groups in total. The molecule has 2 aromatic rings. The number of nitrogens with one attached hydrogen (secondary N) is 1. The number of rotatable bonds is 2. The lowest BCUT2D eigenvalue weighted by molar-refractivity contribution is -0.122. The van der Waals surface area contributed by atoms with E-state index in [0.29, 0.717) is 11.6 Å². The van der Waals surface area contributed by atoms with E-state index in [1.807, 2.05) is 37.3 Å². The molecule has 2 amide bonds. The number of aryl methyl sites for hydroxylation is 1. The van der Waals surface area contributed by atoms with Crippen LogP contribution < -0.4 is 15.1 Å². The van der Waals surface area contributed by atoms with Crippen molar-refractivity contribution in [3.8, 4) is 0 Å². The normalized spacial score (nSPS) is 21.9. The quantitative estimate of drug-likeness (QED) is 0.429. The maximum atomic E-state index is 13.3. The van der Waals surface area contributed by atoms with Crippen molar-refractivity contribution in [1.29, 1.82) is 0 Å². The van der Waals surface area contributed by atoms with E-state index in [1.165, 1.54) is 16.2 Å². The van der Waals surface area contributed by atoms with Gasteiger partial charge in [-0.3, -0.25) is 19.8 Å². The van der Waals surface area contributed by atoms with Crippen molar-refractivity contribution in [1.82, 2.24) is 5.32 Å². The predicted octanol–water partition coefficient (Wildman–Crippen LogP) is 4.55. The number of hydrogen-bond donors (Lipinski definition) is 1. The van der Waals surface area contributed by atoms with Gasteiger partial charge in [-0.2, -0.15) is 0 Å². The van der Waals surface area contributed by atoms with Crippen LogP contribution in [0, 0.1) is 6.92 Å². The molecule has 0 bridgehead atoms. The van der Waals surface area contributed by atoms with Gasteiger partial charge in [-0.15, -0.1) is 0 Å². The fourth-order valence-electron chi connectivity index (χ4n) is 4.54. The van der Waals surface area contributed by atoms with Crippen molar-refractivity contribution in [2.45, 2.75) is 45.6 Å². The molecule has 2 aliphatic rings. The van der Waals surface area contributed by atoms with Crippen LogP contribution in [-0.2, 0) is 9.59 Å². The minimum Gasteiger partial charge on any atom is -0.369 e. The van der Waals surface area contributed by atoms with E-state index in [4.69, 9.17) is 12.2 Å². The highest BCUT2D eigenvalue weighted by Gasteiger charge is 2.36. The van der Waals surface area contributed by atoms with Crippen molar-refractivity contribution in [3.63, 3.8) is 0 Å². The number of carbonyl (C=O) groups excluding carboxylic acids is 2. The van der Waals surface area contributed by atoms with Crippen LogP contribution in [0.3, 0.4) is 0 Å². The van der Waals surface area contributed by atoms with E-state index in [1.54, 1.807) is 6.08 Å². The van der Waals surface area contributed by atoms with Crippen LogP contribution in [0.4, 0.5) is 11.4 Å². The van der Waals surface area contributed by atoms with Crippen LogP contribution in [0.1, 0.15) is 49.8 Å². The molecule has 4 rings (SSSR count). The fraction of sp³-hybridized carbons (Fsp3) is 0.320. The molecule has 0 radical (unpaired) electrons. The maximum Gasteiger partial charge on any atom is 0.270 e. The van der Waals surface area contributed by atoms with E-state index in [9.17, 15) is 9.59 Å². The number of para-hydroxylation sites is 1. The molecule has 6 heteroatoms. The van der Waals surface area contributed by atoms with Gasteiger partial charge in [-0.25, -0.2) is 0 Å². The number of thiocarbonyl (C=S) groups is 1. The Kier molecular flexibility index (Phi) is 5.21. The second-order valence-electron chi connectivity index (χ2n) is 9.04. The minimum absolute atomic E-state index is 0.0777. The topological polar surface area (TPSA) is 52.7 Å². The third-order valence-corrected chi connectivity index (χ3v) is 6.71. The summed E-state index contributed by atoms with van der Waals surface area (Å²) in [4.78, 5) is 29.6. The van der Waals surface area contributed by atoms with Gasteiger partial charge in [-0.1, -0.05) is 31.2 Å². The number of fused-ring (bicyclic) bond motifs is 1. The largest absolute Gasteiger partial charge is 0.369 e. The molecule has 160 valence electrons.